The second-order valence-electron chi connectivity index (χ2n) is 4.50. The number of aromatic nitrogens is 1. The van der Waals surface area contributed by atoms with E-state index in [1.165, 1.54) is 9.13 Å². The Balaban J connectivity index is 2.15. The summed E-state index contributed by atoms with van der Waals surface area (Å²) in [7, 11) is 0. The van der Waals surface area contributed by atoms with Crippen molar-refractivity contribution < 1.29 is 0 Å². The predicted octanol–water partition coefficient (Wildman–Crippen LogP) is 4.48. The Hall–Kier alpha value is -1.10. The SMILES string of the molecule is Cc1ccc(NC(C)c2ccc(I)cc2)c(C)n1. The predicted molar refractivity (Wildman–Crippen MR) is 84.9 cm³/mol. The van der Waals surface area contributed by atoms with Crippen LogP contribution in [0.5, 0.6) is 0 Å². The second-order valence-corrected chi connectivity index (χ2v) is 5.75. The quantitative estimate of drug-likeness (QED) is 0.824. The van der Waals surface area contributed by atoms with Gasteiger partial charge < -0.3 is 5.32 Å². The van der Waals surface area contributed by atoms with Gasteiger partial charge in [0.15, 0.2) is 0 Å². The van der Waals surface area contributed by atoms with E-state index in [1.54, 1.807) is 0 Å². The molecule has 1 N–H and O–H groups in total. The minimum atomic E-state index is 0.283. The Kier molecular flexibility index (Phi) is 4.22. The van der Waals surface area contributed by atoms with Gasteiger partial charge in [-0.3, -0.25) is 4.98 Å². The summed E-state index contributed by atoms with van der Waals surface area (Å²) >= 11 is 2.32. The summed E-state index contributed by atoms with van der Waals surface area (Å²) in [6, 6.07) is 13.0. The van der Waals surface area contributed by atoms with Gasteiger partial charge in [-0.05, 0) is 73.2 Å². The number of hydrogen-bond acceptors (Lipinski definition) is 2. The minimum Gasteiger partial charge on any atom is -0.377 e. The zero-order valence-electron chi connectivity index (χ0n) is 10.9. The molecule has 0 radical (unpaired) electrons. The van der Waals surface area contributed by atoms with Crippen molar-refractivity contribution in [3.63, 3.8) is 0 Å². The van der Waals surface area contributed by atoms with Gasteiger partial charge in [-0.15, -0.1) is 0 Å². The highest BCUT2D eigenvalue weighted by atomic mass is 127. The summed E-state index contributed by atoms with van der Waals surface area (Å²) < 4.78 is 1.26. The Labute approximate surface area is 122 Å². The van der Waals surface area contributed by atoms with Crippen molar-refractivity contribution in [1.82, 2.24) is 4.98 Å². The monoisotopic (exact) mass is 352 g/mol. The maximum atomic E-state index is 4.47. The lowest BCUT2D eigenvalue weighted by atomic mass is 10.1. The molecule has 0 amide bonds. The summed E-state index contributed by atoms with van der Waals surface area (Å²) in [4.78, 5) is 4.47. The number of halogens is 1. The molecule has 0 saturated heterocycles. The third kappa shape index (κ3) is 3.22. The molecule has 0 aliphatic carbocycles. The van der Waals surface area contributed by atoms with Crippen LogP contribution in [0.15, 0.2) is 36.4 Å². The van der Waals surface area contributed by atoms with Gasteiger partial charge in [0.25, 0.3) is 0 Å². The molecule has 2 nitrogen and oxygen atoms in total. The molecule has 2 aromatic rings. The van der Waals surface area contributed by atoms with Gasteiger partial charge in [-0.2, -0.15) is 0 Å². The van der Waals surface area contributed by atoms with Crippen LogP contribution in [-0.4, -0.2) is 4.98 Å². The molecule has 1 heterocycles. The van der Waals surface area contributed by atoms with Crippen LogP contribution in [0.1, 0.15) is 29.9 Å². The van der Waals surface area contributed by atoms with Gasteiger partial charge >= 0.3 is 0 Å². The molecule has 0 aliphatic rings. The Morgan fingerprint density at radius 3 is 2.33 bits per heavy atom. The van der Waals surface area contributed by atoms with Crippen molar-refractivity contribution in [3.8, 4) is 0 Å². The molecule has 0 fully saturated rings. The van der Waals surface area contributed by atoms with Crippen LogP contribution in [0.2, 0.25) is 0 Å². The fourth-order valence-corrected chi connectivity index (χ4v) is 2.27. The molecule has 2 rings (SSSR count). The zero-order valence-corrected chi connectivity index (χ0v) is 13.0. The van der Waals surface area contributed by atoms with Gasteiger partial charge in [-0.25, -0.2) is 0 Å². The molecule has 3 heteroatoms. The molecular weight excluding hydrogens is 335 g/mol. The number of rotatable bonds is 3. The van der Waals surface area contributed by atoms with E-state index >= 15 is 0 Å². The molecule has 0 spiro atoms. The van der Waals surface area contributed by atoms with E-state index in [1.807, 2.05) is 19.9 Å². The normalized spacial score (nSPS) is 12.2. The minimum absolute atomic E-state index is 0.283. The number of nitrogens with one attached hydrogen (secondary N) is 1. The first-order valence-electron chi connectivity index (χ1n) is 6.02. The van der Waals surface area contributed by atoms with Crippen LogP contribution in [0.3, 0.4) is 0 Å². The highest BCUT2D eigenvalue weighted by molar-refractivity contribution is 14.1. The maximum Gasteiger partial charge on any atom is 0.0607 e. The van der Waals surface area contributed by atoms with E-state index < -0.39 is 0 Å². The molecule has 0 saturated carbocycles. The van der Waals surface area contributed by atoms with Crippen LogP contribution >= 0.6 is 22.6 Å². The lowest BCUT2D eigenvalue weighted by Gasteiger charge is -2.17. The highest BCUT2D eigenvalue weighted by Gasteiger charge is 2.07. The summed E-state index contributed by atoms with van der Waals surface area (Å²) in [6.07, 6.45) is 0. The van der Waals surface area contributed by atoms with Crippen LogP contribution in [0, 0.1) is 17.4 Å². The fraction of sp³-hybridized carbons (Fsp3) is 0.267. The van der Waals surface area contributed by atoms with Crippen molar-refractivity contribution in [1.29, 1.82) is 0 Å². The first kappa shape index (κ1) is 13.3. The molecule has 1 atom stereocenters. The van der Waals surface area contributed by atoms with Crippen LogP contribution in [0.4, 0.5) is 5.69 Å². The first-order chi connectivity index (χ1) is 8.56. The van der Waals surface area contributed by atoms with Crippen LogP contribution < -0.4 is 5.32 Å². The maximum absolute atomic E-state index is 4.47. The van der Waals surface area contributed by atoms with E-state index in [4.69, 9.17) is 0 Å². The molecule has 18 heavy (non-hydrogen) atoms. The van der Waals surface area contributed by atoms with E-state index in [2.05, 4.69) is 70.1 Å². The number of nitrogens with zero attached hydrogens (tertiary/aromatic N) is 1. The first-order valence-corrected chi connectivity index (χ1v) is 7.10. The van der Waals surface area contributed by atoms with E-state index in [9.17, 15) is 0 Å². The second kappa shape index (κ2) is 5.69. The standard InChI is InChI=1S/C15H17IN2/c1-10-4-9-15(12(3)17-10)18-11(2)13-5-7-14(16)8-6-13/h4-9,11,18H,1-3H3. The summed E-state index contributed by atoms with van der Waals surface area (Å²) in [5, 5.41) is 3.51. The molecule has 1 unspecified atom stereocenters. The fourth-order valence-electron chi connectivity index (χ4n) is 1.91. The summed E-state index contributed by atoms with van der Waals surface area (Å²) in [5.41, 5.74) is 4.49. The third-order valence-corrected chi connectivity index (χ3v) is 3.69. The molecule has 94 valence electrons. The average molecular weight is 352 g/mol. The number of benzene rings is 1. The lowest BCUT2D eigenvalue weighted by Crippen LogP contribution is -2.08. The van der Waals surface area contributed by atoms with Crippen molar-refractivity contribution in [2.45, 2.75) is 26.8 Å². The molecule has 0 aliphatic heterocycles. The highest BCUT2D eigenvalue weighted by Crippen LogP contribution is 2.22. The van der Waals surface area contributed by atoms with Crippen molar-refractivity contribution >= 4 is 28.3 Å². The van der Waals surface area contributed by atoms with Crippen molar-refractivity contribution in [2.24, 2.45) is 0 Å². The van der Waals surface area contributed by atoms with Crippen LogP contribution in [0.25, 0.3) is 0 Å². The zero-order chi connectivity index (χ0) is 13.1. The number of hydrogen-bond donors (Lipinski definition) is 1. The van der Waals surface area contributed by atoms with Gasteiger partial charge in [0, 0.05) is 15.3 Å². The Morgan fingerprint density at radius 1 is 1.06 bits per heavy atom. The van der Waals surface area contributed by atoms with Gasteiger partial charge in [0.05, 0.1) is 11.4 Å². The van der Waals surface area contributed by atoms with Gasteiger partial charge in [0.1, 0.15) is 0 Å². The van der Waals surface area contributed by atoms with Crippen molar-refractivity contribution in [3.05, 3.63) is 56.9 Å². The molecular formula is C15H17IN2. The molecule has 1 aromatic heterocycles. The number of anilines is 1. The summed E-state index contributed by atoms with van der Waals surface area (Å²) in [5.74, 6) is 0. The van der Waals surface area contributed by atoms with Gasteiger partial charge in [0.2, 0.25) is 0 Å². The molecule has 0 bridgehead atoms. The third-order valence-electron chi connectivity index (χ3n) is 2.97. The Bertz CT molecular complexity index is 535. The average Bonchev–Trinajstić information content (AvgIpc) is 2.33. The molecule has 1 aromatic carbocycles. The lowest BCUT2D eigenvalue weighted by molar-refractivity contribution is 0.877. The largest absolute Gasteiger partial charge is 0.377 e. The van der Waals surface area contributed by atoms with Crippen molar-refractivity contribution in [2.75, 3.05) is 5.32 Å². The van der Waals surface area contributed by atoms with Gasteiger partial charge in [-0.1, -0.05) is 12.1 Å². The number of pyridine rings is 1. The van der Waals surface area contributed by atoms with Crippen LogP contribution in [-0.2, 0) is 0 Å². The number of aryl methyl sites for hydroxylation is 2. The topological polar surface area (TPSA) is 24.9 Å². The van der Waals surface area contributed by atoms with E-state index in [-0.39, 0.29) is 6.04 Å². The summed E-state index contributed by atoms with van der Waals surface area (Å²) in [6.45, 7) is 6.22. The van der Waals surface area contributed by atoms with E-state index in [0.29, 0.717) is 0 Å². The Morgan fingerprint density at radius 2 is 1.72 bits per heavy atom. The smallest absolute Gasteiger partial charge is 0.0607 e. The van der Waals surface area contributed by atoms with E-state index in [0.717, 1.165) is 17.1 Å².